The molecule has 0 aliphatic carbocycles. The molecule has 0 radical (unpaired) electrons. The van der Waals surface area contributed by atoms with Gasteiger partial charge in [-0.25, -0.2) is 0 Å². The maximum Gasteiger partial charge on any atom is 0.254 e. The lowest BCUT2D eigenvalue weighted by atomic mass is 9.98. The number of hydrogen-bond acceptors (Lipinski definition) is 3. The van der Waals surface area contributed by atoms with Gasteiger partial charge in [-0.05, 0) is 47.9 Å². The third-order valence-corrected chi connectivity index (χ3v) is 4.03. The molecule has 0 fully saturated rings. The summed E-state index contributed by atoms with van der Waals surface area (Å²) in [5.41, 5.74) is 9.30. The molecule has 1 aliphatic heterocycles. The molecule has 108 valence electrons. The van der Waals surface area contributed by atoms with Gasteiger partial charge in [0.2, 0.25) is 0 Å². The van der Waals surface area contributed by atoms with Crippen LogP contribution in [0.1, 0.15) is 21.5 Å². The summed E-state index contributed by atoms with van der Waals surface area (Å²) < 4.78 is 0. The fourth-order valence-corrected chi connectivity index (χ4v) is 2.75. The number of phenolic OH excluding ortho intramolecular Hbond substituents is 1. The number of benzene rings is 2. The van der Waals surface area contributed by atoms with Crippen molar-refractivity contribution in [3.63, 3.8) is 0 Å². The van der Waals surface area contributed by atoms with Crippen LogP contribution in [0.4, 0.5) is 5.69 Å². The molecule has 1 heterocycles. The van der Waals surface area contributed by atoms with Gasteiger partial charge in [-0.3, -0.25) is 4.79 Å². The molecule has 0 atom stereocenters. The van der Waals surface area contributed by atoms with Crippen molar-refractivity contribution >= 4 is 23.2 Å². The number of phenols is 1. The fraction of sp³-hybridized carbons (Fsp3) is 0.188. The molecule has 0 aromatic heterocycles. The number of carbonyl (C=O) groups excluding carboxylic acids is 1. The molecule has 21 heavy (non-hydrogen) atoms. The summed E-state index contributed by atoms with van der Waals surface area (Å²) in [6, 6.07) is 10.3. The van der Waals surface area contributed by atoms with Crippen LogP contribution in [0.5, 0.6) is 5.75 Å². The van der Waals surface area contributed by atoms with E-state index in [0.29, 0.717) is 24.3 Å². The molecular formula is C16H15ClN2O2. The Kier molecular flexibility index (Phi) is 3.47. The van der Waals surface area contributed by atoms with E-state index >= 15 is 0 Å². The van der Waals surface area contributed by atoms with Crippen LogP contribution >= 0.6 is 11.6 Å². The number of hydrogen-bond donors (Lipinski definition) is 2. The zero-order valence-corrected chi connectivity index (χ0v) is 12.1. The van der Waals surface area contributed by atoms with E-state index < -0.39 is 0 Å². The van der Waals surface area contributed by atoms with Crippen molar-refractivity contribution in [3.05, 3.63) is 58.1 Å². The van der Waals surface area contributed by atoms with Crippen molar-refractivity contribution in [3.8, 4) is 5.75 Å². The molecule has 5 heteroatoms. The highest BCUT2D eigenvalue weighted by atomic mass is 35.5. The van der Waals surface area contributed by atoms with E-state index in [9.17, 15) is 9.90 Å². The summed E-state index contributed by atoms with van der Waals surface area (Å²) in [5.74, 6) is -0.116. The lowest BCUT2D eigenvalue weighted by molar-refractivity contribution is 0.0734. The minimum atomic E-state index is -0.0926. The second kappa shape index (κ2) is 5.30. The van der Waals surface area contributed by atoms with Gasteiger partial charge in [0, 0.05) is 24.3 Å². The van der Waals surface area contributed by atoms with Gasteiger partial charge in [-0.2, -0.15) is 0 Å². The highest BCUT2D eigenvalue weighted by Crippen LogP contribution is 2.26. The van der Waals surface area contributed by atoms with Crippen molar-refractivity contribution in [2.45, 2.75) is 13.0 Å². The Morgan fingerprint density at radius 3 is 2.76 bits per heavy atom. The van der Waals surface area contributed by atoms with E-state index in [1.807, 2.05) is 18.2 Å². The van der Waals surface area contributed by atoms with Crippen LogP contribution in [0.25, 0.3) is 0 Å². The van der Waals surface area contributed by atoms with E-state index in [2.05, 4.69) is 0 Å². The minimum absolute atomic E-state index is 0.0232. The molecule has 0 spiro atoms. The molecule has 3 N–H and O–H groups in total. The first-order valence-electron chi connectivity index (χ1n) is 6.69. The van der Waals surface area contributed by atoms with Crippen molar-refractivity contribution in [2.75, 3.05) is 12.3 Å². The molecule has 1 amide bonds. The van der Waals surface area contributed by atoms with E-state index in [-0.39, 0.29) is 16.7 Å². The van der Waals surface area contributed by atoms with Gasteiger partial charge >= 0.3 is 0 Å². The van der Waals surface area contributed by atoms with E-state index in [1.54, 1.807) is 11.0 Å². The van der Waals surface area contributed by atoms with Crippen LogP contribution in [-0.4, -0.2) is 22.5 Å². The standard InChI is InChI=1S/C16H15ClN2O2/c17-14-8-11(2-4-15(14)20)16(21)19-6-5-10-1-3-13(18)7-12(10)9-19/h1-4,7-8,20H,5-6,9,18H2. The number of amides is 1. The molecule has 1 aliphatic rings. The van der Waals surface area contributed by atoms with Gasteiger partial charge in [0.25, 0.3) is 5.91 Å². The van der Waals surface area contributed by atoms with Crippen LogP contribution in [0.3, 0.4) is 0 Å². The number of anilines is 1. The van der Waals surface area contributed by atoms with Crippen molar-refractivity contribution in [2.24, 2.45) is 0 Å². The highest BCUT2D eigenvalue weighted by Gasteiger charge is 2.22. The van der Waals surface area contributed by atoms with Gasteiger partial charge in [-0.1, -0.05) is 17.7 Å². The van der Waals surface area contributed by atoms with Crippen molar-refractivity contribution < 1.29 is 9.90 Å². The lowest BCUT2D eigenvalue weighted by Gasteiger charge is -2.29. The summed E-state index contributed by atoms with van der Waals surface area (Å²) in [5, 5.41) is 9.61. The number of aromatic hydroxyl groups is 1. The Hall–Kier alpha value is -2.20. The second-order valence-electron chi connectivity index (χ2n) is 5.17. The number of nitrogen functional groups attached to an aromatic ring is 1. The highest BCUT2D eigenvalue weighted by molar-refractivity contribution is 6.32. The number of fused-ring (bicyclic) bond motifs is 1. The van der Waals surface area contributed by atoms with E-state index in [0.717, 1.165) is 12.0 Å². The Balaban J connectivity index is 1.85. The van der Waals surface area contributed by atoms with Crippen LogP contribution in [0.15, 0.2) is 36.4 Å². The molecule has 2 aromatic carbocycles. The van der Waals surface area contributed by atoms with Crippen LogP contribution in [0.2, 0.25) is 5.02 Å². The van der Waals surface area contributed by atoms with Gasteiger partial charge in [0.1, 0.15) is 5.75 Å². The van der Waals surface area contributed by atoms with E-state index in [1.165, 1.54) is 17.7 Å². The Bertz CT molecular complexity index is 715. The fourth-order valence-electron chi connectivity index (χ4n) is 2.57. The smallest absolute Gasteiger partial charge is 0.254 e. The number of halogens is 1. The topological polar surface area (TPSA) is 66.6 Å². The number of nitrogens with two attached hydrogens (primary N) is 1. The third-order valence-electron chi connectivity index (χ3n) is 3.72. The largest absolute Gasteiger partial charge is 0.506 e. The summed E-state index contributed by atoms with van der Waals surface area (Å²) in [4.78, 5) is 14.3. The molecule has 0 saturated carbocycles. The molecule has 4 nitrogen and oxygen atoms in total. The minimum Gasteiger partial charge on any atom is -0.506 e. The van der Waals surface area contributed by atoms with Gasteiger partial charge in [0.05, 0.1) is 5.02 Å². The normalized spacial score (nSPS) is 13.9. The van der Waals surface area contributed by atoms with Crippen LogP contribution in [0, 0.1) is 0 Å². The summed E-state index contributed by atoms with van der Waals surface area (Å²) in [7, 11) is 0. The first kappa shape index (κ1) is 13.8. The van der Waals surface area contributed by atoms with Gasteiger partial charge in [-0.15, -0.1) is 0 Å². The average Bonchev–Trinajstić information content (AvgIpc) is 2.48. The molecule has 0 bridgehead atoms. The molecular weight excluding hydrogens is 288 g/mol. The monoisotopic (exact) mass is 302 g/mol. The van der Waals surface area contributed by atoms with Gasteiger partial charge in [0.15, 0.2) is 0 Å². The molecule has 0 unspecified atom stereocenters. The Morgan fingerprint density at radius 2 is 2.00 bits per heavy atom. The number of carbonyl (C=O) groups is 1. The first-order chi connectivity index (χ1) is 10.0. The quantitative estimate of drug-likeness (QED) is 0.796. The molecule has 2 aromatic rings. The Morgan fingerprint density at radius 1 is 1.19 bits per heavy atom. The SMILES string of the molecule is Nc1ccc2c(c1)CN(C(=O)c1ccc(O)c(Cl)c1)CC2. The summed E-state index contributed by atoms with van der Waals surface area (Å²) >= 11 is 5.86. The zero-order chi connectivity index (χ0) is 15.0. The first-order valence-corrected chi connectivity index (χ1v) is 7.07. The summed E-state index contributed by atoms with van der Waals surface area (Å²) in [6.45, 7) is 1.20. The number of rotatable bonds is 1. The average molecular weight is 303 g/mol. The third kappa shape index (κ3) is 2.67. The Labute approximate surface area is 127 Å². The predicted molar refractivity (Wildman–Crippen MR) is 82.4 cm³/mol. The van der Waals surface area contributed by atoms with Crippen molar-refractivity contribution in [1.82, 2.24) is 4.90 Å². The lowest BCUT2D eigenvalue weighted by Crippen LogP contribution is -2.36. The predicted octanol–water partition coefficient (Wildman–Crippen LogP) is 2.83. The number of nitrogens with zero attached hydrogens (tertiary/aromatic N) is 1. The van der Waals surface area contributed by atoms with Crippen molar-refractivity contribution in [1.29, 1.82) is 0 Å². The van der Waals surface area contributed by atoms with Crippen LogP contribution in [-0.2, 0) is 13.0 Å². The van der Waals surface area contributed by atoms with Gasteiger partial charge < -0.3 is 15.7 Å². The second-order valence-corrected chi connectivity index (χ2v) is 5.58. The van der Waals surface area contributed by atoms with Crippen LogP contribution < -0.4 is 5.73 Å². The molecule has 3 rings (SSSR count). The maximum atomic E-state index is 12.5. The van der Waals surface area contributed by atoms with E-state index in [4.69, 9.17) is 17.3 Å². The molecule has 0 saturated heterocycles. The zero-order valence-electron chi connectivity index (χ0n) is 11.3. The maximum absolute atomic E-state index is 12.5. The summed E-state index contributed by atoms with van der Waals surface area (Å²) in [6.07, 6.45) is 0.813.